The number of ether oxygens (including phenoxy) is 2. The fourth-order valence-electron chi connectivity index (χ4n) is 4.66. The molecule has 0 bridgehead atoms. The Labute approximate surface area is 274 Å². The van der Waals surface area contributed by atoms with Gasteiger partial charge in [0.15, 0.2) is 25.7 Å². The molecule has 248 valence electrons. The largest absolute Gasteiger partial charge is 0.494 e. The molecule has 0 saturated heterocycles. The van der Waals surface area contributed by atoms with Gasteiger partial charge in [0.25, 0.3) is 0 Å². The average Bonchev–Trinajstić information content (AvgIpc) is 3.37. The normalized spacial score (nSPS) is 12.0. The average molecular weight is 662 g/mol. The summed E-state index contributed by atoms with van der Waals surface area (Å²) in [5, 5.41) is 8.82. The Balaban J connectivity index is 1.44. The highest BCUT2D eigenvalue weighted by molar-refractivity contribution is 6.74. The number of para-hydroxylation sites is 1. The van der Waals surface area contributed by atoms with Crippen LogP contribution in [0.2, 0.25) is 18.1 Å². The summed E-state index contributed by atoms with van der Waals surface area (Å²) in [6.45, 7) is 15.8. The maximum absolute atomic E-state index is 15.0. The molecule has 0 fully saturated rings. The van der Waals surface area contributed by atoms with Gasteiger partial charge in [0, 0.05) is 42.3 Å². The Morgan fingerprint density at radius 1 is 0.957 bits per heavy atom. The molecule has 2 aromatic carbocycles. The number of anilines is 2. The maximum atomic E-state index is 15.0. The third kappa shape index (κ3) is 7.91. The molecule has 5 rings (SSSR count). The van der Waals surface area contributed by atoms with E-state index in [2.05, 4.69) is 54.1 Å². The Morgan fingerprint density at radius 3 is 2.40 bits per heavy atom. The summed E-state index contributed by atoms with van der Waals surface area (Å²) in [4.78, 5) is 18.0. The van der Waals surface area contributed by atoms with Gasteiger partial charge >= 0.3 is 0 Å². The molecule has 1 N–H and O–H groups in total. The van der Waals surface area contributed by atoms with E-state index in [9.17, 15) is 0 Å². The third-order valence-electron chi connectivity index (χ3n) is 8.20. The zero-order valence-electron chi connectivity index (χ0n) is 27.9. The predicted octanol–water partition coefficient (Wildman–Crippen LogP) is 7.85. The molecule has 0 aliphatic heterocycles. The Kier molecular flexibility index (Phi) is 10.2. The Hall–Kier alpha value is -4.49. The number of aromatic nitrogens is 6. The molecular weight excluding hydrogens is 621 g/mol. The lowest BCUT2D eigenvalue weighted by molar-refractivity contribution is 0.233. The zero-order chi connectivity index (χ0) is 33.8. The molecule has 0 atom stereocenters. The highest BCUT2D eigenvalue weighted by Gasteiger charge is 2.36. The lowest BCUT2D eigenvalue weighted by Gasteiger charge is -2.36. The number of hydrogen-bond acceptors (Lipinski definition) is 9. The molecule has 47 heavy (non-hydrogen) atoms. The minimum Gasteiger partial charge on any atom is -0.494 e. The SMILES string of the molecule is CCOc1cc(F)c(Cn2nc(-c3ncc(OCCCO[Si](C)(C)C(C)(C)C)c(Nc4ccnc(C)n4)n3)c3ccccc32)c(F)c1. The van der Waals surface area contributed by atoms with Crippen molar-refractivity contribution in [1.82, 2.24) is 29.7 Å². The minimum absolute atomic E-state index is 0.123. The monoisotopic (exact) mass is 661 g/mol. The van der Waals surface area contributed by atoms with Crippen molar-refractivity contribution >= 4 is 30.9 Å². The summed E-state index contributed by atoms with van der Waals surface area (Å²) in [7, 11) is -1.87. The van der Waals surface area contributed by atoms with E-state index in [-0.39, 0.29) is 22.9 Å². The number of aryl methyl sites for hydroxylation is 1. The second-order valence-electron chi connectivity index (χ2n) is 12.7. The van der Waals surface area contributed by atoms with Crippen molar-refractivity contribution in [3.8, 4) is 23.0 Å². The molecule has 10 nitrogen and oxygen atoms in total. The van der Waals surface area contributed by atoms with Crippen LogP contribution in [-0.4, -0.2) is 57.9 Å². The van der Waals surface area contributed by atoms with Crippen molar-refractivity contribution < 1.29 is 22.7 Å². The minimum atomic E-state index is -1.87. The van der Waals surface area contributed by atoms with Gasteiger partial charge in [-0.05, 0) is 44.1 Å². The molecule has 13 heteroatoms. The first-order valence-corrected chi connectivity index (χ1v) is 18.5. The van der Waals surface area contributed by atoms with Gasteiger partial charge in [-0.2, -0.15) is 5.10 Å². The van der Waals surface area contributed by atoms with E-state index in [1.54, 1.807) is 37.0 Å². The Morgan fingerprint density at radius 2 is 1.70 bits per heavy atom. The molecule has 0 spiro atoms. The van der Waals surface area contributed by atoms with E-state index in [0.717, 1.165) is 5.39 Å². The molecule has 5 aromatic rings. The van der Waals surface area contributed by atoms with Crippen LogP contribution in [0, 0.1) is 18.6 Å². The highest BCUT2D eigenvalue weighted by atomic mass is 28.4. The lowest BCUT2D eigenvalue weighted by Crippen LogP contribution is -2.41. The van der Waals surface area contributed by atoms with Crippen LogP contribution >= 0.6 is 0 Å². The molecular formula is C34H41F2N7O3Si. The fraction of sp³-hybridized carbons (Fsp3) is 0.382. The first kappa shape index (κ1) is 33.9. The number of hydrogen-bond donors (Lipinski definition) is 1. The van der Waals surface area contributed by atoms with E-state index >= 15 is 8.78 Å². The molecule has 3 aromatic heterocycles. The summed E-state index contributed by atoms with van der Waals surface area (Å²) in [6, 6.07) is 11.5. The zero-order valence-corrected chi connectivity index (χ0v) is 28.9. The molecule has 3 heterocycles. The van der Waals surface area contributed by atoms with Crippen LogP contribution in [0.25, 0.3) is 22.4 Å². The third-order valence-corrected chi connectivity index (χ3v) is 12.7. The fourth-order valence-corrected chi connectivity index (χ4v) is 5.74. The van der Waals surface area contributed by atoms with Crippen LogP contribution in [0.15, 0.2) is 54.9 Å². The number of halogens is 2. The van der Waals surface area contributed by atoms with Crippen molar-refractivity contribution in [3.63, 3.8) is 0 Å². The second-order valence-corrected chi connectivity index (χ2v) is 17.5. The molecule has 0 aliphatic carbocycles. The number of benzene rings is 2. The quantitative estimate of drug-likeness (QED) is 0.0997. The van der Waals surface area contributed by atoms with Gasteiger partial charge < -0.3 is 19.2 Å². The van der Waals surface area contributed by atoms with Crippen LogP contribution in [0.5, 0.6) is 11.5 Å². The first-order chi connectivity index (χ1) is 22.4. The summed E-state index contributed by atoms with van der Waals surface area (Å²) < 4.78 is 49.3. The molecule has 0 aliphatic rings. The molecule has 0 amide bonds. The molecule has 0 saturated carbocycles. The van der Waals surface area contributed by atoms with Crippen LogP contribution < -0.4 is 14.8 Å². The summed E-state index contributed by atoms with van der Waals surface area (Å²) in [6.07, 6.45) is 3.93. The van der Waals surface area contributed by atoms with Crippen molar-refractivity contribution in [2.75, 3.05) is 25.1 Å². The van der Waals surface area contributed by atoms with Gasteiger partial charge in [0.1, 0.15) is 34.7 Å². The van der Waals surface area contributed by atoms with Gasteiger partial charge in [0.2, 0.25) is 0 Å². The number of rotatable bonds is 13. The van der Waals surface area contributed by atoms with E-state index < -0.39 is 20.0 Å². The Bertz CT molecular complexity index is 1840. The van der Waals surface area contributed by atoms with Gasteiger partial charge in [-0.15, -0.1) is 0 Å². The summed E-state index contributed by atoms with van der Waals surface area (Å²) >= 11 is 0. The number of fused-ring (bicyclic) bond motifs is 1. The lowest BCUT2D eigenvalue weighted by atomic mass is 10.1. The van der Waals surface area contributed by atoms with Gasteiger partial charge in [-0.3, -0.25) is 4.68 Å². The van der Waals surface area contributed by atoms with Crippen LogP contribution in [0.1, 0.15) is 45.5 Å². The van der Waals surface area contributed by atoms with Gasteiger partial charge in [-0.1, -0.05) is 39.0 Å². The first-order valence-electron chi connectivity index (χ1n) is 15.6. The standard InChI is InChI=1S/C34H41F2N7O3Si/c1-8-44-23-18-26(35)25(27(36)19-23)21-43-28-13-10-9-12-24(28)31(42-43)33-38-20-29(32(41-33)40-30-14-15-37-22(2)39-30)45-16-11-17-46-47(6,7)34(3,4)5/h9-10,12-15,18-20H,8,11,16-17,21H2,1-7H3,(H,37,38,39,40,41). The second kappa shape index (κ2) is 14.1. The van der Waals surface area contributed by atoms with Crippen molar-refractivity contribution in [2.45, 2.75) is 65.7 Å². The molecule has 0 unspecified atom stereocenters. The summed E-state index contributed by atoms with van der Waals surface area (Å²) in [5.74, 6) is 0.949. The predicted molar refractivity (Wildman–Crippen MR) is 181 cm³/mol. The van der Waals surface area contributed by atoms with Gasteiger partial charge in [-0.25, -0.2) is 28.7 Å². The maximum Gasteiger partial charge on any atom is 0.191 e. The van der Waals surface area contributed by atoms with Crippen molar-refractivity contribution in [2.24, 2.45) is 0 Å². The van der Waals surface area contributed by atoms with Crippen LogP contribution in [-0.2, 0) is 11.0 Å². The van der Waals surface area contributed by atoms with Crippen molar-refractivity contribution in [1.29, 1.82) is 0 Å². The topological polar surface area (TPSA) is 109 Å². The smallest absolute Gasteiger partial charge is 0.191 e. The summed E-state index contributed by atoms with van der Waals surface area (Å²) in [5.41, 5.74) is 0.988. The van der Waals surface area contributed by atoms with E-state index in [1.807, 2.05) is 24.3 Å². The van der Waals surface area contributed by atoms with E-state index in [1.165, 1.54) is 12.1 Å². The van der Waals surface area contributed by atoms with Gasteiger partial charge in [0.05, 0.1) is 31.5 Å². The van der Waals surface area contributed by atoms with E-state index in [4.69, 9.17) is 24.0 Å². The molecule has 0 radical (unpaired) electrons. The number of nitrogens with one attached hydrogen (secondary N) is 1. The van der Waals surface area contributed by atoms with Crippen LogP contribution in [0.3, 0.4) is 0 Å². The number of nitrogens with zero attached hydrogens (tertiary/aromatic N) is 6. The van der Waals surface area contributed by atoms with E-state index in [0.29, 0.717) is 66.5 Å². The van der Waals surface area contributed by atoms with Crippen molar-refractivity contribution in [3.05, 3.63) is 77.9 Å². The highest BCUT2D eigenvalue weighted by Crippen LogP contribution is 2.37. The van der Waals surface area contributed by atoms with Crippen LogP contribution in [0.4, 0.5) is 20.4 Å².